The Kier molecular flexibility index (Phi) is 6.67. The minimum absolute atomic E-state index is 0.328. The Hall–Kier alpha value is -6.06. The average Bonchev–Trinajstić information content (AvgIpc) is 3.72. The minimum atomic E-state index is 0.328. The summed E-state index contributed by atoms with van der Waals surface area (Å²) >= 11 is 0. The monoisotopic (exact) mass is 642 g/mol. The third-order valence-corrected chi connectivity index (χ3v) is 10.8. The molecule has 0 unspecified atom stereocenters. The molecular weight excluding hydrogens is 609 g/mol. The molecule has 0 atom stereocenters. The fourth-order valence-electron chi connectivity index (χ4n) is 8.45. The minimum Gasteiger partial charge on any atom is -0.438 e. The molecule has 0 fully saturated rings. The van der Waals surface area contributed by atoms with Crippen LogP contribution >= 0.6 is 0 Å². The molecule has 0 amide bonds. The van der Waals surface area contributed by atoms with Crippen LogP contribution in [-0.4, -0.2) is 9.97 Å². The predicted octanol–water partition coefficient (Wildman–Crippen LogP) is 11.5. The highest BCUT2D eigenvalue weighted by molar-refractivity contribution is 6.10. The third-order valence-electron chi connectivity index (χ3n) is 10.8. The first-order valence-corrected chi connectivity index (χ1v) is 17.5. The molecule has 0 saturated heterocycles. The van der Waals surface area contributed by atoms with Gasteiger partial charge in [-0.1, -0.05) is 109 Å². The maximum atomic E-state index is 6.72. The van der Waals surface area contributed by atoms with Crippen molar-refractivity contribution < 1.29 is 4.74 Å². The zero-order valence-electron chi connectivity index (χ0n) is 27.6. The van der Waals surface area contributed by atoms with E-state index in [0.29, 0.717) is 11.3 Å². The van der Waals surface area contributed by atoms with Gasteiger partial charge < -0.3 is 4.74 Å². The number of aromatic nitrogens is 2. The highest BCUT2D eigenvalue weighted by Gasteiger charge is 2.41. The summed E-state index contributed by atoms with van der Waals surface area (Å²) in [6.45, 7) is 0. The molecule has 3 heteroatoms. The van der Waals surface area contributed by atoms with E-state index in [4.69, 9.17) is 9.72 Å². The lowest BCUT2D eigenvalue weighted by molar-refractivity contribution is 0.326. The molecule has 10 rings (SSSR count). The van der Waals surface area contributed by atoms with E-state index in [0.717, 1.165) is 51.7 Å². The maximum Gasteiger partial charge on any atom is 0.227 e. The van der Waals surface area contributed by atoms with Crippen molar-refractivity contribution in [1.29, 1.82) is 0 Å². The quantitative estimate of drug-likeness (QED) is 0.175. The first-order chi connectivity index (χ1) is 24.7. The van der Waals surface area contributed by atoms with Crippen molar-refractivity contribution in [3.05, 3.63) is 180 Å². The number of hydrogen-bond acceptors (Lipinski definition) is 3. The normalized spacial score (nSPS) is 14.2. The maximum absolute atomic E-state index is 6.72. The summed E-state index contributed by atoms with van der Waals surface area (Å²) in [5.74, 6) is 1.34. The van der Waals surface area contributed by atoms with Gasteiger partial charge in [-0.15, -0.1) is 0 Å². The predicted molar refractivity (Wildman–Crippen MR) is 204 cm³/mol. The number of pyridine rings is 2. The molecule has 1 spiro atoms. The van der Waals surface area contributed by atoms with E-state index in [9.17, 15) is 0 Å². The molecule has 0 radical (unpaired) electrons. The van der Waals surface area contributed by atoms with Crippen LogP contribution in [0.15, 0.2) is 158 Å². The van der Waals surface area contributed by atoms with Gasteiger partial charge >= 0.3 is 0 Å². The van der Waals surface area contributed by atoms with Crippen molar-refractivity contribution in [2.24, 2.45) is 5.41 Å². The fourth-order valence-corrected chi connectivity index (χ4v) is 8.45. The second-order valence-corrected chi connectivity index (χ2v) is 14.1. The summed E-state index contributed by atoms with van der Waals surface area (Å²) in [6, 6.07) is 54.1. The van der Waals surface area contributed by atoms with Crippen molar-refractivity contribution in [2.75, 3.05) is 0 Å². The summed E-state index contributed by atoms with van der Waals surface area (Å²) in [7, 11) is 0. The first kappa shape index (κ1) is 28.9. The van der Waals surface area contributed by atoms with Crippen molar-refractivity contribution >= 4 is 21.5 Å². The zero-order valence-corrected chi connectivity index (χ0v) is 27.6. The Morgan fingerprint density at radius 1 is 0.440 bits per heavy atom. The summed E-state index contributed by atoms with van der Waals surface area (Å²) < 4.78 is 6.72. The lowest BCUT2D eigenvalue weighted by Crippen LogP contribution is -2.21. The van der Waals surface area contributed by atoms with Gasteiger partial charge in [0.25, 0.3) is 0 Å². The summed E-state index contributed by atoms with van der Waals surface area (Å²) in [4.78, 5) is 9.70. The first-order valence-electron chi connectivity index (χ1n) is 17.5. The van der Waals surface area contributed by atoms with E-state index in [1.807, 2.05) is 30.5 Å². The molecule has 3 nitrogen and oxygen atoms in total. The van der Waals surface area contributed by atoms with Crippen LogP contribution < -0.4 is 4.74 Å². The number of benzene rings is 6. The Bertz CT molecular complexity index is 2550. The van der Waals surface area contributed by atoms with Gasteiger partial charge in [-0.05, 0) is 134 Å². The van der Waals surface area contributed by atoms with Gasteiger partial charge in [0.2, 0.25) is 5.88 Å². The van der Waals surface area contributed by atoms with E-state index in [-0.39, 0.29) is 0 Å². The molecule has 50 heavy (non-hydrogen) atoms. The number of fused-ring (bicyclic) bond motifs is 5. The van der Waals surface area contributed by atoms with Crippen molar-refractivity contribution in [3.8, 4) is 45.3 Å². The van der Waals surface area contributed by atoms with Crippen LogP contribution in [0.5, 0.6) is 11.6 Å². The molecule has 2 aromatic heterocycles. The second-order valence-electron chi connectivity index (χ2n) is 14.1. The topological polar surface area (TPSA) is 35.0 Å². The molecule has 0 N–H and O–H groups in total. The smallest absolute Gasteiger partial charge is 0.227 e. The SMILES string of the molecule is c1ccc(-c2ccc3c(ccc4c(Oc5cccc(-c6ccc7c(c6)CC6(Cc8ccccc8C6)C7)c5)nc(-c5ccccn5)cc43)c2)cc1. The van der Waals surface area contributed by atoms with Gasteiger partial charge in [-0.3, -0.25) is 4.98 Å². The van der Waals surface area contributed by atoms with Crippen LogP contribution in [0.3, 0.4) is 0 Å². The summed E-state index contributed by atoms with van der Waals surface area (Å²) in [6.07, 6.45) is 6.47. The number of ether oxygens (including phenoxy) is 1. The van der Waals surface area contributed by atoms with E-state index >= 15 is 0 Å². The fraction of sp³-hybridized carbons (Fsp3) is 0.106. The Labute approximate surface area is 291 Å². The van der Waals surface area contributed by atoms with Crippen molar-refractivity contribution in [1.82, 2.24) is 9.97 Å². The van der Waals surface area contributed by atoms with Gasteiger partial charge in [0.05, 0.1) is 11.4 Å². The molecule has 0 saturated carbocycles. The van der Waals surface area contributed by atoms with Crippen LogP contribution in [-0.2, 0) is 25.7 Å². The Balaban J connectivity index is 1.01. The van der Waals surface area contributed by atoms with E-state index in [1.165, 1.54) is 57.2 Å². The highest BCUT2D eigenvalue weighted by atomic mass is 16.5. The molecule has 2 heterocycles. The van der Waals surface area contributed by atoms with Crippen LogP contribution in [0.2, 0.25) is 0 Å². The lowest BCUT2D eigenvalue weighted by atomic mass is 9.82. The molecule has 2 aliphatic carbocycles. The van der Waals surface area contributed by atoms with Crippen molar-refractivity contribution in [3.63, 3.8) is 0 Å². The van der Waals surface area contributed by atoms with Gasteiger partial charge in [0.15, 0.2) is 0 Å². The van der Waals surface area contributed by atoms with Gasteiger partial charge in [0.1, 0.15) is 5.75 Å². The summed E-state index contributed by atoms with van der Waals surface area (Å²) in [5, 5.41) is 4.38. The molecular formula is C47H34N2O. The lowest BCUT2D eigenvalue weighted by Gasteiger charge is -2.21. The molecule has 2 aliphatic rings. The third kappa shape index (κ3) is 5.05. The summed E-state index contributed by atoms with van der Waals surface area (Å²) in [5.41, 5.74) is 12.7. The second kappa shape index (κ2) is 11.5. The van der Waals surface area contributed by atoms with Gasteiger partial charge in [0, 0.05) is 11.6 Å². The highest BCUT2D eigenvalue weighted by Crippen LogP contribution is 2.48. The molecule has 238 valence electrons. The molecule has 8 aromatic rings. The average molecular weight is 643 g/mol. The van der Waals surface area contributed by atoms with E-state index in [2.05, 4.69) is 132 Å². The Morgan fingerprint density at radius 2 is 1.12 bits per heavy atom. The van der Waals surface area contributed by atoms with E-state index < -0.39 is 0 Å². The van der Waals surface area contributed by atoms with Gasteiger partial charge in [-0.2, -0.15) is 0 Å². The number of nitrogens with zero attached hydrogens (tertiary/aromatic N) is 2. The molecule has 0 bridgehead atoms. The Morgan fingerprint density at radius 3 is 1.94 bits per heavy atom. The molecule has 6 aromatic carbocycles. The number of hydrogen-bond donors (Lipinski definition) is 0. The van der Waals surface area contributed by atoms with Gasteiger partial charge in [-0.25, -0.2) is 4.98 Å². The standard InChI is InChI=1S/C47H34N2O/c1-2-9-31(10-3-1)33-18-20-41-35(23-33)19-21-42-43(41)26-45(44-15-6-7-22-48-44)49-46(42)50-40-14-8-13-32(25-40)34-16-17-38-29-47(30-39(38)24-34)27-36-11-4-5-12-37(36)28-47/h1-26H,27-30H2. The number of rotatable bonds is 5. The van der Waals surface area contributed by atoms with Crippen LogP contribution in [0.4, 0.5) is 0 Å². The van der Waals surface area contributed by atoms with Crippen LogP contribution in [0, 0.1) is 5.41 Å². The van der Waals surface area contributed by atoms with E-state index in [1.54, 1.807) is 0 Å². The molecule has 0 aliphatic heterocycles. The van der Waals surface area contributed by atoms with Crippen LogP contribution in [0.25, 0.3) is 55.2 Å². The van der Waals surface area contributed by atoms with Crippen LogP contribution in [0.1, 0.15) is 22.3 Å². The van der Waals surface area contributed by atoms with Crippen molar-refractivity contribution in [2.45, 2.75) is 25.7 Å². The largest absolute Gasteiger partial charge is 0.438 e. The zero-order chi connectivity index (χ0) is 33.1.